The first-order valence-electron chi connectivity index (χ1n) is 13.6. The van der Waals surface area contributed by atoms with Crippen LogP contribution in [0, 0.1) is 20.8 Å². The maximum absolute atomic E-state index is 13.2. The molecule has 0 fully saturated rings. The number of carbonyl (C=O) groups excluding carboxylic acids is 2. The second-order valence-corrected chi connectivity index (χ2v) is 9.80. The van der Waals surface area contributed by atoms with Gasteiger partial charge in [-0.2, -0.15) is 0 Å². The van der Waals surface area contributed by atoms with Gasteiger partial charge in [0.15, 0.2) is 5.78 Å². The first kappa shape index (κ1) is 27.8. The van der Waals surface area contributed by atoms with Crippen molar-refractivity contribution in [3.05, 3.63) is 100 Å². The summed E-state index contributed by atoms with van der Waals surface area (Å²) in [5, 5.41) is 2.88. The van der Waals surface area contributed by atoms with Crippen LogP contribution in [-0.2, 0) is 4.79 Å². The zero-order valence-electron chi connectivity index (χ0n) is 23.5. The molecule has 1 amide bonds. The van der Waals surface area contributed by atoms with E-state index in [-0.39, 0.29) is 11.4 Å². The molecule has 0 saturated carbocycles. The van der Waals surface area contributed by atoms with Gasteiger partial charge in [-0.3, -0.25) is 9.59 Å². The third-order valence-corrected chi connectivity index (χ3v) is 6.96. The van der Waals surface area contributed by atoms with Crippen LogP contribution >= 0.6 is 0 Å². The van der Waals surface area contributed by atoms with Crippen LogP contribution in [0.3, 0.4) is 0 Å². The number of hydrogen-bond acceptors (Lipinski definition) is 5. The number of hydrogen-bond donors (Lipinski definition) is 1. The number of nitrogens with one attached hydrogen (secondary N) is 1. The highest BCUT2D eigenvalue weighted by atomic mass is 16.5. The van der Waals surface area contributed by atoms with Crippen LogP contribution in [0.15, 0.2) is 77.3 Å². The zero-order chi connectivity index (χ0) is 27.9. The normalized spacial score (nSPS) is 13.6. The van der Waals surface area contributed by atoms with Crippen molar-refractivity contribution in [2.24, 2.45) is 4.99 Å². The maximum Gasteiger partial charge on any atom is 0.255 e. The van der Waals surface area contributed by atoms with E-state index in [0.29, 0.717) is 30.8 Å². The molecule has 0 bridgehead atoms. The van der Waals surface area contributed by atoms with Crippen molar-refractivity contribution in [1.29, 1.82) is 0 Å². The summed E-state index contributed by atoms with van der Waals surface area (Å²) in [5.74, 6) is 0.152. The van der Waals surface area contributed by atoms with E-state index in [9.17, 15) is 9.59 Å². The molecule has 6 heteroatoms. The molecule has 0 spiro atoms. The lowest BCUT2D eigenvalue weighted by molar-refractivity contribution is -0.117. The Kier molecular flexibility index (Phi) is 8.97. The van der Waals surface area contributed by atoms with Gasteiger partial charge in [0.25, 0.3) is 5.91 Å². The molecular formula is C33H37N3O3. The molecule has 4 rings (SSSR count). The number of rotatable bonds is 10. The van der Waals surface area contributed by atoms with Gasteiger partial charge in [0, 0.05) is 36.4 Å². The van der Waals surface area contributed by atoms with Gasteiger partial charge < -0.3 is 15.0 Å². The number of amides is 1. The van der Waals surface area contributed by atoms with Crippen molar-refractivity contribution in [2.75, 3.05) is 31.1 Å². The lowest BCUT2D eigenvalue weighted by atomic mass is 9.88. The number of fused-ring (bicyclic) bond motifs is 1. The van der Waals surface area contributed by atoms with Gasteiger partial charge in [0.1, 0.15) is 5.75 Å². The van der Waals surface area contributed by atoms with Gasteiger partial charge in [-0.1, -0.05) is 42.0 Å². The second-order valence-electron chi connectivity index (χ2n) is 9.80. The van der Waals surface area contributed by atoms with E-state index in [1.807, 2.05) is 57.2 Å². The van der Waals surface area contributed by atoms with Crippen molar-refractivity contribution in [3.8, 4) is 5.75 Å². The standard InChI is InChI=1S/C33H37N3O3/c1-6-36(7-2)25-14-15-29(23(4)20-25)35-30-21-28(32(37)27-12-9-8-11-26(27)30)33(38)34-17-10-18-39-31-16-13-22(3)19-24(31)5/h8-9,11-16,19-21H,6-7,10,17-18H2,1-5H3,(H,34,38). The number of ketones is 1. The van der Waals surface area contributed by atoms with Crippen LogP contribution in [0.4, 0.5) is 11.4 Å². The van der Waals surface area contributed by atoms with Crippen LogP contribution in [0.25, 0.3) is 0 Å². The highest BCUT2D eigenvalue weighted by molar-refractivity contribution is 6.35. The van der Waals surface area contributed by atoms with E-state index in [1.54, 1.807) is 12.1 Å². The van der Waals surface area contributed by atoms with Crippen molar-refractivity contribution in [2.45, 2.75) is 41.0 Å². The van der Waals surface area contributed by atoms with E-state index >= 15 is 0 Å². The molecule has 3 aromatic carbocycles. The molecule has 0 saturated heterocycles. The Balaban J connectivity index is 1.50. The Morgan fingerprint density at radius 2 is 1.67 bits per heavy atom. The first-order valence-corrected chi connectivity index (χ1v) is 13.6. The van der Waals surface area contributed by atoms with Gasteiger partial charge in [0.05, 0.1) is 23.6 Å². The minimum Gasteiger partial charge on any atom is -0.493 e. The van der Waals surface area contributed by atoms with Gasteiger partial charge in [0.2, 0.25) is 0 Å². The molecule has 0 radical (unpaired) electrons. The number of Topliss-reactive ketones (excluding diaryl/α,β-unsaturated/α-hetero) is 1. The number of ether oxygens (including phenoxy) is 1. The van der Waals surface area contributed by atoms with E-state index in [0.717, 1.165) is 46.9 Å². The average molecular weight is 524 g/mol. The molecule has 0 unspecified atom stereocenters. The quantitative estimate of drug-likeness (QED) is 0.251. The predicted octanol–water partition coefficient (Wildman–Crippen LogP) is 6.29. The fraction of sp³-hybridized carbons (Fsp3) is 0.303. The second kappa shape index (κ2) is 12.6. The summed E-state index contributed by atoms with van der Waals surface area (Å²) in [7, 11) is 0. The Bertz CT molecular complexity index is 1430. The lowest BCUT2D eigenvalue weighted by Crippen LogP contribution is -2.32. The van der Waals surface area contributed by atoms with Crippen molar-refractivity contribution in [3.63, 3.8) is 0 Å². The summed E-state index contributed by atoms with van der Waals surface area (Å²) >= 11 is 0. The molecule has 3 aromatic rings. The van der Waals surface area contributed by atoms with Crippen molar-refractivity contribution >= 4 is 28.8 Å². The lowest BCUT2D eigenvalue weighted by Gasteiger charge is -2.22. The van der Waals surface area contributed by atoms with Gasteiger partial charge in [-0.15, -0.1) is 0 Å². The van der Waals surface area contributed by atoms with Crippen LogP contribution in [0.1, 0.15) is 52.9 Å². The molecule has 1 N–H and O–H groups in total. The van der Waals surface area contributed by atoms with Crippen LogP contribution in [0.2, 0.25) is 0 Å². The molecule has 1 aliphatic carbocycles. The molecule has 39 heavy (non-hydrogen) atoms. The van der Waals surface area contributed by atoms with Gasteiger partial charge >= 0.3 is 0 Å². The molecular weight excluding hydrogens is 486 g/mol. The summed E-state index contributed by atoms with van der Waals surface area (Å²) in [6.45, 7) is 13.1. The number of nitrogens with zero attached hydrogens (tertiary/aromatic N) is 2. The maximum atomic E-state index is 13.2. The Morgan fingerprint density at radius 3 is 2.36 bits per heavy atom. The van der Waals surface area contributed by atoms with E-state index < -0.39 is 5.91 Å². The fourth-order valence-electron chi connectivity index (χ4n) is 4.78. The molecule has 0 heterocycles. The third kappa shape index (κ3) is 6.45. The SMILES string of the molecule is CCN(CC)c1ccc(N=C2C=C(C(=O)NCCCOc3ccc(C)cc3C)C(=O)c3ccccc32)c(C)c1. The van der Waals surface area contributed by atoms with Crippen LogP contribution < -0.4 is 15.0 Å². The van der Waals surface area contributed by atoms with Gasteiger partial charge in [-0.25, -0.2) is 4.99 Å². The number of benzene rings is 3. The fourth-order valence-corrected chi connectivity index (χ4v) is 4.78. The first-order chi connectivity index (χ1) is 18.8. The largest absolute Gasteiger partial charge is 0.493 e. The monoisotopic (exact) mass is 523 g/mol. The minimum absolute atomic E-state index is 0.0974. The summed E-state index contributed by atoms with van der Waals surface area (Å²) in [6, 6.07) is 19.6. The summed E-state index contributed by atoms with van der Waals surface area (Å²) in [4.78, 5) is 33.5. The van der Waals surface area contributed by atoms with Crippen molar-refractivity contribution in [1.82, 2.24) is 5.32 Å². The number of aliphatic imine (C=N–C) groups is 1. The Labute approximate surface area is 231 Å². The summed E-state index contributed by atoms with van der Waals surface area (Å²) in [6.07, 6.45) is 2.24. The topological polar surface area (TPSA) is 71.0 Å². The number of carbonyl (C=O) groups is 2. The molecule has 1 aliphatic rings. The average Bonchev–Trinajstić information content (AvgIpc) is 2.93. The zero-order valence-corrected chi connectivity index (χ0v) is 23.5. The molecule has 0 aliphatic heterocycles. The van der Waals surface area contributed by atoms with Crippen LogP contribution in [0.5, 0.6) is 5.75 Å². The van der Waals surface area contributed by atoms with Crippen molar-refractivity contribution < 1.29 is 14.3 Å². The Morgan fingerprint density at radius 1 is 0.923 bits per heavy atom. The van der Waals surface area contributed by atoms with E-state index in [2.05, 4.69) is 42.3 Å². The summed E-state index contributed by atoms with van der Waals surface area (Å²) in [5.41, 5.74) is 7.18. The highest BCUT2D eigenvalue weighted by Gasteiger charge is 2.28. The summed E-state index contributed by atoms with van der Waals surface area (Å²) < 4.78 is 5.86. The number of aryl methyl sites for hydroxylation is 3. The van der Waals surface area contributed by atoms with Gasteiger partial charge in [-0.05, 0) is 82.5 Å². The molecule has 0 aromatic heterocycles. The number of anilines is 1. The predicted molar refractivity (Wildman–Crippen MR) is 159 cm³/mol. The Hall–Kier alpha value is -4.19. The molecule has 6 nitrogen and oxygen atoms in total. The number of allylic oxidation sites excluding steroid dienone is 1. The molecule has 0 atom stereocenters. The third-order valence-electron chi connectivity index (χ3n) is 6.96. The molecule has 202 valence electrons. The highest BCUT2D eigenvalue weighted by Crippen LogP contribution is 2.29. The minimum atomic E-state index is -0.401. The van der Waals surface area contributed by atoms with Crippen LogP contribution in [-0.4, -0.2) is 43.6 Å². The van der Waals surface area contributed by atoms with E-state index in [4.69, 9.17) is 9.73 Å². The van der Waals surface area contributed by atoms with E-state index in [1.165, 1.54) is 5.56 Å². The smallest absolute Gasteiger partial charge is 0.255 e.